The summed E-state index contributed by atoms with van der Waals surface area (Å²) in [6, 6.07) is 5.81. The van der Waals surface area contributed by atoms with Crippen molar-refractivity contribution in [2.24, 2.45) is 0 Å². The van der Waals surface area contributed by atoms with E-state index >= 15 is 0 Å². The zero-order valence-electron chi connectivity index (χ0n) is 9.09. The van der Waals surface area contributed by atoms with Crippen molar-refractivity contribution in [3.8, 4) is 6.07 Å². The van der Waals surface area contributed by atoms with Gasteiger partial charge in [0.05, 0.1) is 17.5 Å². The third-order valence-electron chi connectivity index (χ3n) is 2.70. The van der Waals surface area contributed by atoms with E-state index in [1.165, 1.54) is 24.2 Å². The second-order valence-electron chi connectivity index (χ2n) is 4.04. The molecule has 1 aliphatic carbocycles. The third kappa shape index (κ3) is 2.15. The van der Waals surface area contributed by atoms with Crippen LogP contribution in [0.4, 0.5) is 0 Å². The number of nitriles is 1. The zero-order valence-corrected chi connectivity index (χ0v) is 9.91. The summed E-state index contributed by atoms with van der Waals surface area (Å²) in [7, 11) is 0. The molecule has 2 aromatic rings. The van der Waals surface area contributed by atoms with Gasteiger partial charge in [-0.2, -0.15) is 5.26 Å². The van der Waals surface area contributed by atoms with Gasteiger partial charge in [-0.05, 0) is 25.0 Å². The first-order chi connectivity index (χ1) is 8.36. The van der Waals surface area contributed by atoms with Gasteiger partial charge in [0, 0.05) is 17.4 Å². The highest BCUT2D eigenvalue weighted by molar-refractivity contribution is 7.11. The highest BCUT2D eigenvalue weighted by Gasteiger charge is 2.26. The van der Waals surface area contributed by atoms with Crippen LogP contribution in [-0.2, 0) is 0 Å². The van der Waals surface area contributed by atoms with Gasteiger partial charge in [-0.25, -0.2) is 4.98 Å². The average molecular weight is 242 g/mol. The Morgan fingerprint density at radius 2 is 2.47 bits per heavy atom. The molecule has 2 aromatic heterocycles. The van der Waals surface area contributed by atoms with E-state index in [1.54, 1.807) is 18.4 Å². The molecule has 4 heteroatoms. The Morgan fingerprint density at radius 1 is 1.59 bits per heavy atom. The highest BCUT2D eigenvalue weighted by Crippen LogP contribution is 2.40. The van der Waals surface area contributed by atoms with E-state index in [9.17, 15) is 0 Å². The molecule has 1 aliphatic rings. The fourth-order valence-electron chi connectivity index (χ4n) is 1.63. The third-order valence-corrected chi connectivity index (χ3v) is 3.59. The van der Waals surface area contributed by atoms with Gasteiger partial charge >= 0.3 is 0 Å². The Bertz CT molecular complexity index is 585. The molecule has 0 radical (unpaired) electrons. The minimum Gasteiger partial charge on any atom is -0.465 e. The number of nitrogens with zero attached hydrogens (tertiary/aromatic N) is 2. The molecule has 17 heavy (non-hydrogen) atoms. The van der Waals surface area contributed by atoms with E-state index in [0.29, 0.717) is 17.3 Å². The Balaban J connectivity index is 1.91. The Kier molecular flexibility index (Phi) is 2.54. The number of rotatable bonds is 3. The van der Waals surface area contributed by atoms with Crippen LogP contribution in [0.25, 0.3) is 11.6 Å². The zero-order chi connectivity index (χ0) is 11.7. The summed E-state index contributed by atoms with van der Waals surface area (Å²) in [4.78, 5) is 4.51. The molecule has 2 heterocycles. The first-order valence-electron chi connectivity index (χ1n) is 5.48. The minimum absolute atomic E-state index is 0.567. The lowest BCUT2D eigenvalue weighted by Gasteiger charge is -1.91. The smallest absolute Gasteiger partial charge is 0.134 e. The van der Waals surface area contributed by atoms with Crippen LogP contribution >= 0.6 is 11.3 Å². The molecule has 3 nitrogen and oxygen atoms in total. The topological polar surface area (TPSA) is 49.8 Å². The Hall–Kier alpha value is -1.86. The summed E-state index contributed by atoms with van der Waals surface area (Å²) >= 11 is 1.53. The van der Waals surface area contributed by atoms with Crippen molar-refractivity contribution in [1.29, 1.82) is 5.26 Å². The largest absolute Gasteiger partial charge is 0.465 e. The molecule has 0 N–H and O–H groups in total. The fourth-order valence-corrected chi connectivity index (χ4v) is 2.50. The number of thiazole rings is 1. The SMILES string of the molecule is N#C/C(=C\c1ccco1)c1nc(C2CC2)cs1. The normalized spacial score (nSPS) is 15.8. The number of allylic oxidation sites excluding steroid dienone is 1. The number of furan rings is 1. The number of aromatic nitrogens is 1. The molecule has 0 spiro atoms. The second kappa shape index (κ2) is 4.19. The second-order valence-corrected chi connectivity index (χ2v) is 4.90. The van der Waals surface area contributed by atoms with Crippen LogP contribution in [0.5, 0.6) is 0 Å². The molecule has 0 unspecified atom stereocenters. The van der Waals surface area contributed by atoms with Crippen molar-refractivity contribution in [2.45, 2.75) is 18.8 Å². The van der Waals surface area contributed by atoms with E-state index < -0.39 is 0 Å². The number of hydrogen-bond acceptors (Lipinski definition) is 4. The first-order valence-corrected chi connectivity index (χ1v) is 6.36. The van der Waals surface area contributed by atoms with E-state index in [-0.39, 0.29) is 0 Å². The maximum atomic E-state index is 9.15. The summed E-state index contributed by atoms with van der Waals surface area (Å²) in [5.74, 6) is 1.31. The quantitative estimate of drug-likeness (QED) is 0.771. The van der Waals surface area contributed by atoms with Gasteiger partial charge < -0.3 is 4.42 Å². The Labute approximate surface area is 103 Å². The van der Waals surface area contributed by atoms with Crippen LogP contribution in [0.1, 0.15) is 35.2 Å². The minimum atomic E-state index is 0.567. The predicted molar refractivity (Wildman–Crippen MR) is 66.3 cm³/mol. The standard InChI is InChI=1S/C13H10N2OS/c14-7-10(6-11-2-1-5-16-11)13-15-12(8-17-13)9-3-4-9/h1-2,5-6,8-9H,3-4H2/b10-6+. The lowest BCUT2D eigenvalue weighted by atomic mass is 10.2. The molecule has 0 aromatic carbocycles. The highest BCUT2D eigenvalue weighted by atomic mass is 32.1. The molecule has 0 saturated heterocycles. The van der Waals surface area contributed by atoms with Gasteiger partial charge in [0.15, 0.2) is 0 Å². The molecule has 0 amide bonds. The summed E-state index contributed by atoms with van der Waals surface area (Å²) < 4.78 is 5.20. The molecule has 3 rings (SSSR count). The first kappa shape index (κ1) is 10.3. The summed E-state index contributed by atoms with van der Waals surface area (Å²) in [6.07, 6.45) is 5.79. The van der Waals surface area contributed by atoms with Gasteiger partial charge in [-0.3, -0.25) is 0 Å². The molecular weight excluding hydrogens is 232 g/mol. The van der Waals surface area contributed by atoms with Crippen LogP contribution in [0.3, 0.4) is 0 Å². The lowest BCUT2D eigenvalue weighted by molar-refractivity contribution is 0.557. The van der Waals surface area contributed by atoms with Crippen molar-refractivity contribution in [1.82, 2.24) is 4.98 Å². The van der Waals surface area contributed by atoms with E-state index in [1.807, 2.05) is 6.07 Å². The van der Waals surface area contributed by atoms with Gasteiger partial charge in [-0.15, -0.1) is 11.3 Å². The van der Waals surface area contributed by atoms with Crippen LogP contribution in [0, 0.1) is 11.3 Å². The molecular formula is C13H10N2OS. The van der Waals surface area contributed by atoms with E-state index in [2.05, 4.69) is 16.4 Å². The van der Waals surface area contributed by atoms with Crippen molar-refractivity contribution in [2.75, 3.05) is 0 Å². The summed E-state index contributed by atoms with van der Waals surface area (Å²) in [5.41, 5.74) is 1.70. The van der Waals surface area contributed by atoms with Gasteiger partial charge in [-0.1, -0.05) is 0 Å². The van der Waals surface area contributed by atoms with E-state index in [0.717, 1.165) is 10.7 Å². The van der Waals surface area contributed by atoms with Crippen molar-refractivity contribution in [3.05, 3.63) is 40.2 Å². The van der Waals surface area contributed by atoms with Crippen molar-refractivity contribution >= 4 is 23.0 Å². The average Bonchev–Trinajstić information content (AvgIpc) is 2.89. The molecule has 1 fully saturated rings. The molecule has 1 saturated carbocycles. The maximum Gasteiger partial charge on any atom is 0.134 e. The Morgan fingerprint density at radius 3 is 3.12 bits per heavy atom. The summed E-state index contributed by atoms with van der Waals surface area (Å²) in [6.45, 7) is 0. The fraction of sp³-hybridized carbons (Fsp3) is 0.231. The molecule has 0 aliphatic heterocycles. The van der Waals surface area contributed by atoms with Crippen LogP contribution in [-0.4, -0.2) is 4.98 Å². The van der Waals surface area contributed by atoms with Crippen LogP contribution in [0.15, 0.2) is 28.2 Å². The van der Waals surface area contributed by atoms with Gasteiger partial charge in [0.25, 0.3) is 0 Å². The summed E-state index contributed by atoms with van der Waals surface area (Å²) in [5, 5.41) is 12.0. The monoisotopic (exact) mass is 242 g/mol. The van der Waals surface area contributed by atoms with E-state index in [4.69, 9.17) is 9.68 Å². The number of hydrogen-bond donors (Lipinski definition) is 0. The van der Waals surface area contributed by atoms with Crippen LogP contribution in [0.2, 0.25) is 0 Å². The predicted octanol–water partition coefficient (Wildman–Crippen LogP) is 3.68. The lowest BCUT2D eigenvalue weighted by Crippen LogP contribution is -1.83. The van der Waals surface area contributed by atoms with Gasteiger partial charge in [0.1, 0.15) is 16.8 Å². The van der Waals surface area contributed by atoms with Crippen LogP contribution < -0.4 is 0 Å². The maximum absolute atomic E-state index is 9.15. The molecule has 0 atom stereocenters. The van der Waals surface area contributed by atoms with Crippen molar-refractivity contribution < 1.29 is 4.42 Å². The molecule has 84 valence electrons. The van der Waals surface area contributed by atoms with Crippen molar-refractivity contribution in [3.63, 3.8) is 0 Å². The van der Waals surface area contributed by atoms with Gasteiger partial charge in [0.2, 0.25) is 0 Å². The molecule has 0 bridgehead atoms.